The molecule has 0 bridgehead atoms. The summed E-state index contributed by atoms with van der Waals surface area (Å²) in [6, 6.07) is 135. The Kier molecular flexibility index (Phi) is 31.9. The molecule has 0 N–H and O–H groups in total. The Bertz CT molecular complexity index is 7060. The molecule has 0 spiro atoms. The molecule has 0 amide bonds. The van der Waals surface area contributed by atoms with Gasteiger partial charge in [0, 0.05) is 167 Å². The fourth-order valence-electron chi connectivity index (χ4n) is 14.1. The summed E-state index contributed by atoms with van der Waals surface area (Å²) in [5.74, 6) is 0.737. The Morgan fingerprint density at radius 2 is 0.930 bits per heavy atom. The molecule has 0 saturated carbocycles. The van der Waals surface area contributed by atoms with Gasteiger partial charge in [-0.2, -0.15) is 39.5 Å². The predicted molar refractivity (Wildman–Crippen MR) is 506 cm³/mol. The number of pyridine rings is 6. The smallest absolute Gasteiger partial charge is 0.500 e. The van der Waals surface area contributed by atoms with Gasteiger partial charge in [-0.25, -0.2) is 0 Å². The van der Waals surface area contributed by atoms with E-state index in [1.807, 2.05) is 249 Å². The van der Waals surface area contributed by atoms with Crippen molar-refractivity contribution in [1.29, 1.82) is 0 Å². The second-order valence-corrected chi connectivity index (χ2v) is 29.4. The van der Waals surface area contributed by atoms with Crippen LogP contribution in [0.5, 0.6) is 0 Å². The van der Waals surface area contributed by atoms with Crippen LogP contribution in [0, 0.1) is 56.9 Å². The van der Waals surface area contributed by atoms with Crippen molar-refractivity contribution in [2.45, 2.75) is 26.9 Å². The second kappa shape index (κ2) is 48.5. The summed E-state index contributed by atoms with van der Waals surface area (Å²) < 4.78 is 60.3. The molecule has 10 nitrogen and oxygen atoms in total. The molecule has 128 heavy (non-hydrogen) atoms. The average Bonchev–Trinajstić information content (AvgIpc) is 1.59. The van der Waals surface area contributed by atoms with Gasteiger partial charge in [-0.1, -0.05) is 164 Å². The van der Waals surface area contributed by atoms with E-state index in [9.17, 15) is 0 Å². The Morgan fingerprint density at radius 1 is 0.383 bits per heavy atom. The Hall–Kier alpha value is -13.2. The van der Waals surface area contributed by atoms with Crippen molar-refractivity contribution in [1.82, 2.24) is 29.9 Å². The van der Waals surface area contributed by atoms with Crippen LogP contribution < -0.4 is 18.9 Å². The summed E-state index contributed by atoms with van der Waals surface area (Å²) in [7, 11) is 0. The van der Waals surface area contributed by atoms with Crippen molar-refractivity contribution in [3.63, 3.8) is 0 Å². The zero-order valence-electron chi connectivity index (χ0n) is 76.4. The van der Waals surface area contributed by atoms with E-state index in [0.29, 0.717) is 0 Å². The molecule has 8 aromatic heterocycles. The van der Waals surface area contributed by atoms with E-state index in [4.69, 9.17) is 9.60 Å². The minimum atomic E-state index is -0.443. The van der Waals surface area contributed by atoms with Crippen LogP contribution in [0.15, 0.2) is 450 Å². The van der Waals surface area contributed by atoms with Crippen LogP contribution in [0.3, 0.4) is 0 Å². The normalized spacial score (nSPS) is 11.7. The summed E-state index contributed by atoms with van der Waals surface area (Å²) in [5.41, 5.74) is 24.5. The van der Waals surface area contributed by atoms with E-state index in [0.717, 1.165) is 81.5 Å². The minimum Gasteiger partial charge on any atom is -0.500 e. The van der Waals surface area contributed by atoms with Crippen molar-refractivity contribution >= 4 is 42.9 Å². The van der Waals surface area contributed by atoms with E-state index >= 15 is 0 Å². The number of para-hydroxylation sites is 2. The zero-order valence-corrected chi connectivity index (χ0v) is 79.8. The molecule has 0 unspecified atom stereocenters. The monoisotopic (exact) mass is 2390 g/mol. The molecule has 3 radical (unpaired) electrons. The average molecular weight is 2390 g/mol. The standard InChI is InChI=1S/C18H12NS.2C18H14N.C15H12N2.C11H9N2.3C11H8N.4Ir/c1-2-7-16-13(5-1)14-9-8-12-11-19-10-4-3-6-15(19)17(12)18(14)20-16;1-2-6-14(7-3-1)15-9-10-16-13-19-11-5-4-8-18(19)17(16)12-15;1-14-12-18(16-10-6-3-7-11-16)19-13-17(14)15-8-4-2-5-9-15;1-3-7-14(8-4-1)16-11-12-17(13-16)15-9-5-2-6-10-15;1-9-7-8-12-11(13-9)10-5-3-2-4-6-10;3*1-2-6-10(7-3-1)11-8-4-5-9-12-11;;;;/h1-10H,11H2;1-12H,13H2;2-10,12-13H,1H3;1-9,11-13H;2-5,7-8H,1H3;3*1-6,8-9H;;;;/q2*+1;-1;-2;4*-1;;;;+3/i;;;;;1D,2D,3D,4D,5D,6D,8D;;;;;;. The molecule has 0 fully saturated rings. The fraction of sp³-hybridized carbons (Fsp3) is 0.0354. The Morgan fingerprint density at radius 3 is 1.55 bits per heavy atom. The topological polar surface area (TPSA) is 91.6 Å². The van der Waals surface area contributed by atoms with Crippen molar-refractivity contribution in [3.8, 4) is 101 Å². The Labute approximate surface area is 818 Å². The summed E-state index contributed by atoms with van der Waals surface area (Å²) in [6.07, 6.45) is 16.7. The molecular formula is C113H85Ir4N10S-2. The van der Waals surface area contributed by atoms with Gasteiger partial charge in [-0.05, 0) is 135 Å². The van der Waals surface area contributed by atoms with Gasteiger partial charge in [0.25, 0.3) is 0 Å². The van der Waals surface area contributed by atoms with E-state index in [1.165, 1.54) is 81.6 Å². The zero-order chi connectivity index (χ0) is 90.2. The van der Waals surface area contributed by atoms with Crippen LogP contribution in [0.1, 0.15) is 32.0 Å². The first kappa shape index (κ1) is 84.3. The van der Waals surface area contributed by atoms with Gasteiger partial charge in [-0.15, -0.1) is 203 Å². The van der Waals surface area contributed by atoms with Gasteiger partial charge in [-0.3, -0.25) is 9.97 Å². The third-order valence-corrected chi connectivity index (χ3v) is 21.3. The van der Waals surface area contributed by atoms with Gasteiger partial charge < -0.3 is 29.7 Å². The van der Waals surface area contributed by atoms with Crippen LogP contribution in [-0.4, -0.2) is 29.9 Å². The summed E-state index contributed by atoms with van der Waals surface area (Å²) in [6.45, 7) is 8.10. The molecule has 3 aliphatic rings. The summed E-state index contributed by atoms with van der Waals surface area (Å²) >= 11 is 1.92. The number of hydrogen-bond donors (Lipinski definition) is 0. The number of benzene rings is 12. The first-order valence-electron chi connectivity index (χ1n) is 43.9. The molecule has 0 saturated heterocycles. The van der Waals surface area contributed by atoms with Gasteiger partial charge in [0.2, 0.25) is 11.4 Å². The second-order valence-electron chi connectivity index (χ2n) is 28.4. The first-order valence-corrected chi connectivity index (χ1v) is 41.2. The third kappa shape index (κ3) is 24.9. The van der Waals surface area contributed by atoms with Crippen LogP contribution >= 0.6 is 11.3 Å². The number of fused-ring (bicyclic) bond motifs is 10. The molecule has 631 valence electrons. The molecule has 0 atom stereocenters. The minimum absolute atomic E-state index is 0. The molecule has 23 rings (SSSR count). The van der Waals surface area contributed by atoms with E-state index in [1.54, 1.807) is 18.6 Å². The van der Waals surface area contributed by atoms with Crippen LogP contribution in [-0.2, 0) is 93.5 Å². The van der Waals surface area contributed by atoms with Crippen molar-refractivity contribution < 1.29 is 99.2 Å². The summed E-state index contributed by atoms with van der Waals surface area (Å²) in [5, 5.41) is 2.77. The molecule has 20 aromatic rings. The maximum absolute atomic E-state index is 7.74. The van der Waals surface area contributed by atoms with Crippen molar-refractivity contribution in [2.24, 2.45) is 0 Å². The number of anilines is 2. The number of aromatic nitrogens is 8. The van der Waals surface area contributed by atoms with Crippen molar-refractivity contribution in [2.75, 3.05) is 9.80 Å². The number of rotatable bonds is 9. The molecule has 3 aliphatic heterocycles. The maximum atomic E-state index is 7.74. The fourth-order valence-corrected chi connectivity index (χ4v) is 15.3. The molecule has 15 heteroatoms. The third-order valence-electron chi connectivity index (χ3n) is 20.1. The van der Waals surface area contributed by atoms with E-state index < -0.39 is 12.1 Å². The van der Waals surface area contributed by atoms with Gasteiger partial charge in [0.1, 0.15) is 0 Å². The van der Waals surface area contributed by atoms with Crippen LogP contribution in [0.2, 0.25) is 0 Å². The van der Waals surface area contributed by atoms with Gasteiger partial charge in [0.15, 0.2) is 25.5 Å². The van der Waals surface area contributed by atoms with Gasteiger partial charge in [0.05, 0.1) is 21.1 Å². The largest absolute Gasteiger partial charge is 3.00 e. The predicted octanol–water partition coefficient (Wildman–Crippen LogP) is 25.9. The van der Waals surface area contributed by atoms with E-state index in [2.05, 4.69) is 251 Å². The molecule has 0 aliphatic carbocycles. The van der Waals surface area contributed by atoms with Crippen LogP contribution in [0.4, 0.5) is 11.4 Å². The first-order chi connectivity index (χ1) is 64.2. The van der Waals surface area contributed by atoms with Gasteiger partial charge >= 0.3 is 20.1 Å². The van der Waals surface area contributed by atoms with E-state index in [-0.39, 0.29) is 122 Å². The number of thiophene rings is 1. The van der Waals surface area contributed by atoms with Crippen LogP contribution in [0.25, 0.3) is 121 Å². The number of hydrogen-bond acceptors (Lipinski definition) is 9. The number of aryl methyl sites for hydroxylation is 2. The quantitative estimate of drug-likeness (QED) is 0.104. The molecule has 11 heterocycles. The summed E-state index contributed by atoms with van der Waals surface area (Å²) in [4.78, 5) is 29.4. The molecule has 12 aromatic carbocycles. The SMILES string of the molecule is Cc1cc(-c2[c-]cccc2)ncc1-c1ccccc1.Cc1ccnc(-c2[c-]cccc2)n1.[2H]c1[c-]c(-c2ncc([2H])c([2H])c2[2H])c([2H])c([2H])c1[2H].[Ir+3].[Ir].[Ir].[Ir].[c-]1ccccc1-c1ccccn1.[c-]1ccccc1-c1ccccn1.[c-]1ccccc1N1C=CN(c2ccccc2)[CH-]1.c1cc[n+]2c(c1)-c1c(ccc3c1sc1ccccc13)C2.c1ccc(-c2ccc3c(c2)-c2cccc[n+]2C3)cc1. The maximum Gasteiger partial charge on any atom is 3.00 e. The Balaban J connectivity index is 0.000000139. The van der Waals surface area contributed by atoms with Crippen molar-refractivity contribution in [3.05, 3.63) is 515 Å². The number of nitrogens with zero attached hydrogens (tertiary/aromatic N) is 10. The molecular weight excluding hydrogens is 2300 g/mol.